The van der Waals surface area contributed by atoms with Gasteiger partial charge in [-0.05, 0) is 33.4 Å². The van der Waals surface area contributed by atoms with E-state index in [2.05, 4.69) is 0 Å². The van der Waals surface area contributed by atoms with Crippen molar-refractivity contribution in [3.8, 4) is 0 Å². The quantitative estimate of drug-likeness (QED) is 0.118. The van der Waals surface area contributed by atoms with Crippen molar-refractivity contribution in [3.63, 3.8) is 0 Å². The lowest BCUT2D eigenvalue weighted by Crippen LogP contribution is -2.46. The molecule has 6 aromatic carbocycles. The maximum absolute atomic E-state index is 17.8. The predicted octanol–water partition coefficient (Wildman–Crippen LogP) is 8.17. The molecule has 0 unspecified atom stereocenters. The van der Waals surface area contributed by atoms with Crippen LogP contribution in [0.15, 0.2) is 204 Å². The molecule has 0 aliphatic carbocycles. The van der Waals surface area contributed by atoms with Crippen molar-refractivity contribution in [2.75, 3.05) is 6.61 Å². The van der Waals surface area contributed by atoms with Crippen LogP contribution in [0.5, 0.6) is 0 Å². The van der Waals surface area contributed by atoms with Gasteiger partial charge in [0.2, 0.25) is 0 Å². The van der Waals surface area contributed by atoms with Crippen LogP contribution in [0.4, 0.5) is 4.39 Å². The third kappa shape index (κ3) is 6.62. The molecule has 0 spiro atoms. The van der Waals surface area contributed by atoms with E-state index in [0.717, 1.165) is 37.9 Å². The minimum atomic E-state index is -1.81. The third-order valence-electron chi connectivity index (χ3n) is 10.6. The Labute approximate surface area is 324 Å². The van der Waals surface area contributed by atoms with E-state index in [0.29, 0.717) is 0 Å². The normalized spacial score (nSPS) is 18.5. The molecular weight excluding hydrogens is 704 g/mol. The first kappa shape index (κ1) is 36.8. The summed E-state index contributed by atoms with van der Waals surface area (Å²) in [4.78, 5) is 26.4. The highest BCUT2D eigenvalue weighted by Crippen LogP contribution is 2.47. The molecule has 7 aromatic rings. The number of ether oxygens (including phenoxy) is 3. The van der Waals surface area contributed by atoms with Gasteiger partial charge in [0.05, 0.1) is 6.61 Å². The van der Waals surface area contributed by atoms with Gasteiger partial charge in [-0.15, -0.1) is 0 Å². The van der Waals surface area contributed by atoms with Gasteiger partial charge in [-0.2, -0.15) is 0 Å². The van der Waals surface area contributed by atoms with Crippen LogP contribution in [0.1, 0.15) is 39.6 Å². The van der Waals surface area contributed by atoms with Crippen LogP contribution in [0, 0.1) is 0 Å². The fourth-order valence-electron chi connectivity index (χ4n) is 7.86. The number of hydrogen-bond acceptors (Lipinski definition) is 5. The van der Waals surface area contributed by atoms with E-state index in [1.165, 1.54) is 23.9 Å². The van der Waals surface area contributed by atoms with Gasteiger partial charge < -0.3 is 14.2 Å². The number of hydrogen-bond donors (Lipinski definition) is 0. The van der Waals surface area contributed by atoms with Crippen LogP contribution in [-0.2, 0) is 32.5 Å². The molecule has 1 aliphatic heterocycles. The van der Waals surface area contributed by atoms with E-state index in [4.69, 9.17) is 14.2 Å². The van der Waals surface area contributed by atoms with Crippen LogP contribution in [0.25, 0.3) is 0 Å². The lowest BCUT2D eigenvalue weighted by atomic mass is 9.79. The van der Waals surface area contributed by atoms with Crippen LogP contribution in [-0.4, -0.2) is 34.1 Å². The number of benzene rings is 6. The summed E-state index contributed by atoms with van der Waals surface area (Å²) in [5.41, 5.74) is 1.15. The van der Waals surface area contributed by atoms with Gasteiger partial charge in [0.15, 0.2) is 12.4 Å². The molecule has 280 valence electrons. The molecule has 0 amide bonds. The molecule has 0 radical (unpaired) electrons. The second-order valence-corrected chi connectivity index (χ2v) is 13.9. The lowest BCUT2D eigenvalue weighted by molar-refractivity contribution is -0.122. The summed E-state index contributed by atoms with van der Waals surface area (Å²) in [6.07, 6.45) is -4.31. The van der Waals surface area contributed by atoms with Gasteiger partial charge in [-0.1, -0.05) is 182 Å². The molecule has 8 heteroatoms. The number of rotatable bonds is 12. The van der Waals surface area contributed by atoms with Crippen LogP contribution in [0.2, 0.25) is 0 Å². The fraction of sp³-hybridized carbons (Fsp3) is 0.167. The molecule has 0 N–H and O–H groups in total. The Morgan fingerprint density at radius 2 is 0.911 bits per heavy atom. The highest BCUT2D eigenvalue weighted by atomic mass is 19.1. The summed E-state index contributed by atoms with van der Waals surface area (Å²) in [6, 6.07) is 59.7. The molecule has 7 nitrogen and oxygen atoms in total. The molecule has 8 rings (SSSR count). The third-order valence-corrected chi connectivity index (χ3v) is 10.6. The zero-order valence-electron chi connectivity index (χ0n) is 30.8. The SMILES string of the molecule is Cn1c(=O)ccn([C@@H]2O[C@H](COC(c3ccccc3)(c3ccccc3)c3ccccc3)[C@H](F)[C@H]2OC(c2ccccc2)(c2ccccc2)c2ccccc2)c1=O. The van der Waals surface area contributed by atoms with Crippen molar-refractivity contribution in [3.05, 3.63) is 248 Å². The smallest absolute Gasteiger partial charge is 0.332 e. The summed E-state index contributed by atoms with van der Waals surface area (Å²) < 4.78 is 41.0. The Morgan fingerprint density at radius 3 is 1.29 bits per heavy atom. The second kappa shape index (κ2) is 15.9. The van der Waals surface area contributed by atoms with Crippen molar-refractivity contribution in [1.82, 2.24) is 9.13 Å². The topological polar surface area (TPSA) is 71.7 Å². The van der Waals surface area contributed by atoms with Crippen molar-refractivity contribution in [2.45, 2.75) is 35.8 Å². The van der Waals surface area contributed by atoms with Crippen LogP contribution in [0.3, 0.4) is 0 Å². The van der Waals surface area contributed by atoms with Crippen LogP contribution >= 0.6 is 0 Å². The van der Waals surface area contributed by atoms with Gasteiger partial charge in [0.1, 0.15) is 23.4 Å². The average Bonchev–Trinajstić information content (AvgIpc) is 3.57. The first-order valence-electron chi connectivity index (χ1n) is 18.7. The molecule has 56 heavy (non-hydrogen) atoms. The Hall–Kier alpha value is -6.19. The number of alkyl halides is 1. The summed E-state index contributed by atoms with van der Waals surface area (Å²) in [6.45, 7) is -0.217. The molecule has 0 bridgehead atoms. The molecular formula is C48H41FN2O5. The number of halogens is 1. The molecule has 4 atom stereocenters. The molecule has 2 heterocycles. The highest BCUT2D eigenvalue weighted by Gasteiger charge is 2.53. The van der Waals surface area contributed by atoms with Gasteiger partial charge in [0, 0.05) is 19.3 Å². The Bertz CT molecular complexity index is 2270. The van der Waals surface area contributed by atoms with E-state index < -0.39 is 47.1 Å². The Morgan fingerprint density at radius 1 is 0.554 bits per heavy atom. The lowest BCUT2D eigenvalue weighted by Gasteiger charge is -2.39. The first-order chi connectivity index (χ1) is 27.4. The predicted molar refractivity (Wildman–Crippen MR) is 214 cm³/mol. The van der Waals surface area contributed by atoms with Crippen molar-refractivity contribution in [1.29, 1.82) is 0 Å². The standard InChI is InChI=1S/C48H41FN2O5/c1-50-42(52)32-33-51(46(50)53)45-44(56-48(38-26-14-5-15-27-38,39-28-16-6-17-29-39)40-30-18-7-19-31-40)43(49)41(55-45)34-54-47(35-20-8-2-9-21-35,36-22-10-3-11-23-36)37-24-12-4-13-25-37/h2-33,41,43-45H,34H2,1H3/t41-,43+,44-,45-/m1/s1. The van der Waals surface area contributed by atoms with Gasteiger partial charge in [-0.25, -0.2) is 9.18 Å². The summed E-state index contributed by atoms with van der Waals surface area (Å²) in [5, 5.41) is 0. The van der Waals surface area contributed by atoms with Crippen LogP contribution < -0.4 is 11.2 Å². The van der Waals surface area contributed by atoms with Gasteiger partial charge in [0.25, 0.3) is 5.56 Å². The Kier molecular flexibility index (Phi) is 10.4. The minimum Gasteiger partial charge on any atom is -0.358 e. The zero-order chi connectivity index (χ0) is 38.5. The molecule has 1 aromatic heterocycles. The van der Waals surface area contributed by atoms with E-state index in [-0.39, 0.29) is 6.61 Å². The monoisotopic (exact) mass is 744 g/mol. The second-order valence-electron chi connectivity index (χ2n) is 13.9. The molecule has 0 saturated carbocycles. The van der Waals surface area contributed by atoms with E-state index in [9.17, 15) is 9.59 Å². The number of aromatic nitrogens is 2. The molecule has 1 aliphatic rings. The van der Waals surface area contributed by atoms with E-state index >= 15 is 4.39 Å². The number of nitrogens with zero attached hydrogens (tertiary/aromatic N) is 2. The van der Waals surface area contributed by atoms with Gasteiger partial charge >= 0.3 is 5.69 Å². The van der Waals surface area contributed by atoms with E-state index in [1.54, 1.807) is 0 Å². The van der Waals surface area contributed by atoms with Gasteiger partial charge in [-0.3, -0.25) is 13.9 Å². The Balaban J connectivity index is 1.27. The largest absolute Gasteiger partial charge is 0.358 e. The maximum Gasteiger partial charge on any atom is 0.332 e. The maximum atomic E-state index is 17.8. The highest BCUT2D eigenvalue weighted by molar-refractivity contribution is 5.49. The average molecular weight is 745 g/mol. The summed E-state index contributed by atoms with van der Waals surface area (Å²) in [5.74, 6) is 0. The zero-order valence-corrected chi connectivity index (χ0v) is 30.8. The molecule has 1 saturated heterocycles. The summed E-state index contributed by atoms with van der Waals surface area (Å²) in [7, 11) is 1.38. The fourth-order valence-corrected chi connectivity index (χ4v) is 7.86. The van der Waals surface area contributed by atoms with Crippen molar-refractivity contribution >= 4 is 0 Å². The first-order valence-corrected chi connectivity index (χ1v) is 18.7. The minimum absolute atomic E-state index is 0.217. The van der Waals surface area contributed by atoms with Crippen molar-refractivity contribution < 1.29 is 18.6 Å². The summed E-state index contributed by atoms with van der Waals surface area (Å²) >= 11 is 0. The van der Waals surface area contributed by atoms with Crippen molar-refractivity contribution in [2.24, 2.45) is 7.05 Å². The van der Waals surface area contributed by atoms with E-state index in [1.807, 2.05) is 182 Å². The molecule has 1 fully saturated rings.